The quantitative estimate of drug-likeness (QED) is 0.823. The van der Waals surface area contributed by atoms with Gasteiger partial charge >= 0.3 is 0 Å². The molecule has 4 heteroatoms. The van der Waals surface area contributed by atoms with Gasteiger partial charge < -0.3 is 4.74 Å². The molecule has 3 nitrogen and oxygen atoms in total. The van der Waals surface area contributed by atoms with E-state index in [9.17, 15) is 4.39 Å². The van der Waals surface area contributed by atoms with Crippen molar-refractivity contribution in [3.63, 3.8) is 0 Å². The monoisotopic (exact) mass is 248 g/mol. The third-order valence-corrected chi connectivity index (χ3v) is 3.33. The van der Waals surface area contributed by atoms with Crippen LogP contribution < -0.4 is 0 Å². The summed E-state index contributed by atoms with van der Waals surface area (Å²) in [5, 5.41) is 8.82. The summed E-state index contributed by atoms with van der Waals surface area (Å²) in [5.41, 5.74) is 1.23. The molecule has 1 heterocycles. The first-order valence-corrected chi connectivity index (χ1v) is 6.16. The molecule has 96 valence electrons. The minimum atomic E-state index is -0.343. The van der Waals surface area contributed by atoms with Crippen molar-refractivity contribution in [2.75, 3.05) is 20.3 Å². The van der Waals surface area contributed by atoms with Crippen LogP contribution in [0.25, 0.3) is 0 Å². The molecule has 0 N–H and O–H groups in total. The zero-order valence-corrected chi connectivity index (χ0v) is 10.5. The Labute approximate surface area is 107 Å². The minimum Gasteiger partial charge on any atom is -0.381 e. The first-order valence-electron chi connectivity index (χ1n) is 6.16. The Morgan fingerprint density at radius 2 is 2.11 bits per heavy atom. The Hall–Kier alpha value is -1.44. The maximum Gasteiger partial charge on any atom is 0.124 e. The maximum absolute atomic E-state index is 13.3. The zero-order valence-electron chi connectivity index (χ0n) is 10.5. The number of hydrogen-bond acceptors (Lipinski definition) is 3. The number of halogens is 1. The number of nitriles is 1. The summed E-state index contributed by atoms with van der Waals surface area (Å²) < 4.78 is 18.6. The van der Waals surface area contributed by atoms with Crippen molar-refractivity contribution >= 4 is 0 Å². The van der Waals surface area contributed by atoms with E-state index in [0.717, 1.165) is 31.6 Å². The standard InChI is InChI=1S/C14H17FN2O/c1-17(14-2-4-18-5-3-14)10-12-6-11(9-16)7-13(15)8-12/h6-8,14H,2-5,10H2,1H3. The molecule has 18 heavy (non-hydrogen) atoms. The molecule has 1 aliphatic rings. The van der Waals surface area contributed by atoms with E-state index in [1.165, 1.54) is 12.1 Å². The fourth-order valence-corrected chi connectivity index (χ4v) is 2.35. The van der Waals surface area contributed by atoms with Gasteiger partial charge in [0.2, 0.25) is 0 Å². The molecule has 0 atom stereocenters. The van der Waals surface area contributed by atoms with Crippen LogP contribution in [0.5, 0.6) is 0 Å². The molecule has 1 saturated heterocycles. The molecule has 1 fully saturated rings. The molecule has 0 bridgehead atoms. The molecule has 1 aromatic rings. The average molecular weight is 248 g/mol. The van der Waals surface area contributed by atoms with Crippen LogP contribution in [0, 0.1) is 17.1 Å². The van der Waals surface area contributed by atoms with Gasteiger partial charge in [0.1, 0.15) is 5.82 Å². The summed E-state index contributed by atoms with van der Waals surface area (Å²) in [6, 6.07) is 6.97. The Morgan fingerprint density at radius 3 is 2.78 bits per heavy atom. The van der Waals surface area contributed by atoms with E-state index >= 15 is 0 Å². The van der Waals surface area contributed by atoms with Crippen molar-refractivity contribution in [2.24, 2.45) is 0 Å². The van der Waals surface area contributed by atoms with Gasteiger partial charge in [0.25, 0.3) is 0 Å². The first kappa shape index (κ1) is 13.0. The number of benzene rings is 1. The lowest BCUT2D eigenvalue weighted by Gasteiger charge is -2.31. The topological polar surface area (TPSA) is 36.3 Å². The highest BCUT2D eigenvalue weighted by Crippen LogP contribution is 2.17. The number of rotatable bonds is 3. The van der Waals surface area contributed by atoms with E-state index in [1.807, 2.05) is 13.1 Å². The van der Waals surface area contributed by atoms with Crippen molar-refractivity contribution < 1.29 is 9.13 Å². The van der Waals surface area contributed by atoms with E-state index in [1.54, 1.807) is 6.07 Å². The summed E-state index contributed by atoms with van der Waals surface area (Å²) in [6.45, 7) is 2.25. The van der Waals surface area contributed by atoms with Gasteiger partial charge in [-0.25, -0.2) is 4.39 Å². The average Bonchev–Trinajstić information content (AvgIpc) is 2.39. The molecule has 0 aromatic heterocycles. The van der Waals surface area contributed by atoms with E-state index in [-0.39, 0.29) is 5.82 Å². The van der Waals surface area contributed by atoms with Gasteiger partial charge in [-0.2, -0.15) is 5.26 Å². The van der Waals surface area contributed by atoms with Crippen molar-refractivity contribution in [1.82, 2.24) is 4.90 Å². The third-order valence-electron chi connectivity index (χ3n) is 3.33. The predicted molar refractivity (Wildman–Crippen MR) is 66.4 cm³/mol. The predicted octanol–water partition coefficient (Wildman–Crippen LogP) is 2.31. The van der Waals surface area contributed by atoms with Crippen molar-refractivity contribution in [3.05, 3.63) is 35.1 Å². The number of ether oxygens (including phenoxy) is 1. The SMILES string of the molecule is CN(Cc1cc(F)cc(C#N)c1)C1CCOCC1. The van der Waals surface area contributed by atoms with E-state index in [0.29, 0.717) is 18.2 Å². The van der Waals surface area contributed by atoms with Crippen LogP contribution in [0.15, 0.2) is 18.2 Å². The molecule has 0 saturated carbocycles. The number of hydrogen-bond donors (Lipinski definition) is 0. The van der Waals surface area contributed by atoms with Gasteiger partial charge in [0, 0.05) is 25.8 Å². The van der Waals surface area contributed by atoms with Crippen molar-refractivity contribution in [3.8, 4) is 6.07 Å². The minimum absolute atomic E-state index is 0.343. The Morgan fingerprint density at radius 1 is 1.39 bits per heavy atom. The molecule has 0 unspecified atom stereocenters. The molecule has 1 aliphatic heterocycles. The highest BCUT2D eigenvalue weighted by atomic mass is 19.1. The number of nitrogens with zero attached hydrogens (tertiary/aromatic N) is 2. The third kappa shape index (κ3) is 3.28. The van der Waals surface area contributed by atoms with Gasteiger partial charge in [-0.1, -0.05) is 0 Å². The van der Waals surface area contributed by atoms with Gasteiger partial charge in [-0.3, -0.25) is 4.90 Å². The van der Waals surface area contributed by atoms with E-state index in [4.69, 9.17) is 10.00 Å². The van der Waals surface area contributed by atoms with Crippen LogP contribution in [0.2, 0.25) is 0 Å². The second kappa shape index (κ2) is 5.94. The van der Waals surface area contributed by atoms with Crippen molar-refractivity contribution in [1.29, 1.82) is 5.26 Å². The van der Waals surface area contributed by atoms with Crippen LogP contribution in [-0.4, -0.2) is 31.2 Å². The molecule has 0 aliphatic carbocycles. The lowest BCUT2D eigenvalue weighted by atomic mass is 10.1. The molecular weight excluding hydrogens is 231 g/mol. The van der Waals surface area contributed by atoms with Crippen molar-refractivity contribution in [2.45, 2.75) is 25.4 Å². The Bertz CT molecular complexity index is 450. The largest absolute Gasteiger partial charge is 0.381 e. The fourth-order valence-electron chi connectivity index (χ4n) is 2.35. The second-order valence-electron chi connectivity index (χ2n) is 4.72. The summed E-state index contributed by atoms with van der Waals surface area (Å²) >= 11 is 0. The van der Waals surface area contributed by atoms with E-state index in [2.05, 4.69) is 4.90 Å². The fraction of sp³-hybridized carbons (Fsp3) is 0.500. The lowest BCUT2D eigenvalue weighted by molar-refractivity contribution is 0.0406. The highest BCUT2D eigenvalue weighted by molar-refractivity contribution is 5.33. The smallest absolute Gasteiger partial charge is 0.124 e. The summed E-state index contributed by atoms with van der Waals surface area (Å²) in [5.74, 6) is -0.343. The Kier molecular flexibility index (Phi) is 4.29. The lowest BCUT2D eigenvalue weighted by Crippen LogP contribution is -2.36. The van der Waals surface area contributed by atoms with Crippen LogP contribution in [0.3, 0.4) is 0 Å². The normalized spacial score (nSPS) is 16.8. The van der Waals surface area contributed by atoms with Crippen LogP contribution in [0.4, 0.5) is 4.39 Å². The molecule has 1 aromatic carbocycles. The second-order valence-corrected chi connectivity index (χ2v) is 4.72. The molecular formula is C14H17FN2O. The summed E-state index contributed by atoms with van der Waals surface area (Å²) in [6.07, 6.45) is 2.02. The molecule has 0 radical (unpaired) electrons. The van der Waals surface area contributed by atoms with Gasteiger partial charge in [-0.15, -0.1) is 0 Å². The summed E-state index contributed by atoms with van der Waals surface area (Å²) in [4.78, 5) is 2.21. The van der Waals surface area contributed by atoms with Gasteiger partial charge in [0.05, 0.1) is 11.6 Å². The van der Waals surface area contributed by atoms with Gasteiger partial charge in [-0.05, 0) is 43.7 Å². The maximum atomic E-state index is 13.3. The van der Waals surface area contributed by atoms with E-state index < -0.39 is 0 Å². The highest BCUT2D eigenvalue weighted by Gasteiger charge is 2.18. The first-order chi connectivity index (χ1) is 8.69. The van der Waals surface area contributed by atoms with Gasteiger partial charge in [0.15, 0.2) is 0 Å². The zero-order chi connectivity index (χ0) is 13.0. The molecule has 0 spiro atoms. The van der Waals surface area contributed by atoms with Crippen LogP contribution in [0.1, 0.15) is 24.0 Å². The Balaban J connectivity index is 2.04. The summed E-state index contributed by atoms with van der Waals surface area (Å²) in [7, 11) is 2.03. The molecule has 2 rings (SSSR count). The van der Waals surface area contributed by atoms with Crippen LogP contribution >= 0.6 is 0 Å². The molecule has 0 amide bonds. The van der Waals surface area contributed by atoms with Crippen LogP contribution in [-0.2, 0) is 11.3 Å².